The highest BCUT2D eigenvalue weighted by molar-refractivity contribution is 14.0. The van der Waals surface area contributed by atoms with Crippen LogP contribution in [-0.4, -0.2) is 55.0 Å². The maximum absolute atomic E-state index is 5.99. The lowest BCUT2D eigenvalue weighted by Gasteiger charge is -2.38. The molecule has 3 fully saturated rings. The first-order valence-electron chi connectivity index (χ1n) is 10.5. The summed E-state index contributed by atoms with van der Waals surface area (Å²) < 4.78 is 5.99. The van der Waals surface area contributed by atoms with Crippen molar-refractivity contribution in [3.8, 4) is 0 Å². The Labute approximate surface area is 181 Å². The van der Waals surface area contributed by atoms with Crippen molar-refractivity contribution >= 4 is 29.9 Å². The normalized spacial score (nSPS) is 23.3. The van der Waals surface area contributed by atoms with Crippen molar-refractivity contribution in [2.24, 2.45) is 10.4 Å². The van der Waals surface area contributed by atoms with Gasteiger partial charge in [0.05, 0.1) is 12.6 Å². The zero-order valence-electron chi connectivity index (χ0n) is 16.9. The molecule has 5 nitrogen and oxygen atoms in total. The van der Waals surface area contributed by atoms with Crippen LogP contribution in [0.15, 0.2) is 21.5 Å². The molecule has 1 aromatic rings. The molecule has 1 aliphatic carbocycles. The Morgan fingerprint density at radius 1 is 1.19 bits per heavy atom. The number of guanidine groups is 1. The maximum Gasteiger partial charge on any atom is 0.194 e. The summed E-state index contributed by atoms with van der Waals surface area (Å²) in [6.45, 7) is 10.5. The van der Waals surface area contributed by atoms with Crippen molar-refractivity contribution < 1.29 is 4.42 Å². The number of nitrogens with zero attached hydrogens (tertiary/aromatic N) is 3. The van der Waals surface area contributed by atoms with Crippen molar-refractivity contribution in [1.82, 2.24) is 15.1 Å². The first-order valence-corrected chi connectivity index (χ1v) is 10.5. The molecule has 2 saturated heterocycles. The van der Waals surface area contributed by atoms with Gasteiger partial charge in [0.15, 0.2) is 5.96 Å². The summed E-state index contributed by atoms with van der Waals surface area (Å²) in [5, 5.41) is 3.54. The molecule has 27 heavy (non-hydrogen) atoms. The van der Waals surface area contributed by atoms with Crippen LogP contribution >= 0.6 is 24.0 Å². The molecule has 1 spiro atoms. The third-order valence-corrected chi connectivity index (χ3v) is 6.57. The highest BCUT2D eigenvalue weighted by Crippen LogP contribution is 2.47. The SMILES string of the molecule is CCNC(=NCC(c1ccc(C)o1)N1CCCC1)N1CCC2(CCC2)C1.I. The monoisotopic (exact) mass is 486 g/mol. The summed E-state index contributed by atoms with van der Waals surface area (Å²) in [7, 11) is 0. The van der Waals surface area contributed by atoms with E-state index in [9.17, 15) is 0 Å². The molecule has 1 atom stereocenters. The Morgan fingerprint density at radius 2 is 1.96 bits per heavy atom. The van der Waals surface area contributed by atoms with E-state index in [-0.39, 0.29) is 30.0 Å². The second-order valence-corrected chi connectivity index (χ2v) is 8.43. The molecule has 4 rings (SSSR count). The highest BCUT2D eigenvalue weighted by Gasteiger charge is 2.43. The molecule has 0 bridgehead atoms. The van der Waals surface area contributed by atoms with Crippen molar-refractivity contribution in [2.45, 2.75) is 58.4 Å². The Hall–Kier alpha value is -0.760. The molecule has 1 unspecified atom stereocenters. The van der Waals surface area contributed by atoms with E-state index in [1.54, 1.807) is 0 Å². The smallest absolute Gasteiger partial charge is 0.194 e. The number of aliphatic imine (C=N–C) groups is 1. The first-order chi connectivity index (χ1) is 12.7. The summed E-state index contributed by atoms with van der Waals surface area (Å²) in [6.07, 6.45) is 8.14. The van der Waals surface area contributed by atoms with Gasteiger partial charge in [0, 0.05) is 19.6 Å². The van der Waals surface area contributed by atoms with E-state index in [2.05, 4.69) is 34.2 Å². The van der Waals surface area contributed by atoms with E-state index in [1.165, 1.54) is 45.1 Å². The molecule has 0 radical (unpaired) electrons. The van der Waals surface area contributed by atoms with Gasteiger partial charge in [-0.05, 0) is 76.6 Å². The Kier molecular flexibility index (Phi) is 7.11. The van der Waals surface area contributed by atoms with Crippen LogP contribution < -0.4 is 5.32 Å². The van der Waals surface area contributed by atoms with Gasteiger partial charge in [-0.1, -0.05) is 6.42 Å². The van der Waals surface area contributed by atoms with Crippen LogP contribution in [0.25, 0.3) is 0 Å². The van der Waals surface area contributed by atoms with Gasteiger partial charge < -0.3 is 14.6 Å². The van der Waals surface area contributed by atoms with Crippen LogP contribution in [-0.2, 0) is 0 Å². The van der Waals surface area contributed by atoms with Crippen LogP contribution in [0.2, 0.25) is 0 Å². The first kappa shape index (κ1) is 21.0. The van der Waals surface area contributed by atoms with E-state index < -0.39 is 0 Å². The minimum Gasteiger partial charge on any atom is -0.465 e. The minimum atomic E-state index is 0. The number of hydrogen-bond donors (Lipinski definition) is 1. The fraction of sp³-hybridized carbons (Fsp3) is 0.762. The van der Waals surface area contributed by atoms with Crippen molar-refractivity contribution in [3.63, 3.8) is 0 Å². The quantitative estimate of drug-likeness (QED) is 0.385. The van der Waals surface area contributed by atoms with E-state index >= 15 is 0 Å². The largest absolute Gasteiger partial charge is 0.465 e. The molecule has 2 aliphatic heterocycles. The Balaban J connectivity index is 0.00000210. The topological polar surface area (TPSA) is 44.0 Å². The van der Waals surface area contributed by atoms with E-state index in [1.807, 2.05) is 6.92 Å². The number of likely N-dealkylation sites (tertiary alicyclic amines) is 2. The third-order valence-electron chi connectivity index (χ3n) is 6.57. The van der Waals surface area contributed by atoms with E-state index in [0.29, 0.717) is 5.41 Å². The molecule has 1 aromatic heterocycles. The predicted molar refractivity (Wildman–Crippen MR) is 121 cm³/mol. The lowest BCUT2D eigenvalue weighted by molar-refractivity contribution is 0.151. The van der Waals surface area contributed by atoms with Crippen LogP contribution in [0.4, 0.5) is 0 Å². The van der Waals surface area contributed by atoms with E-state index in [0.717, 1.165) is 50.2 Å². The second kappa shape index (κ2) is 9.16. The molecular weight excluding hydrogens is 451 g/mol. The molecule has 6 heteroatoms. The van der Waals surface area contributed by atoms with Gasteiger partial charge in [-0.15, -0.1) is 24.0 Å². The van der Waals surface area contributed by atoms with Crippen LogP contribution in [0, 0.1) is 12.3 Å². The average Bonchev–Trinajstić information content (AvgIpc) is 3.34. The summed E-state index contributed by atoms with van der Waals surface area (Å²) in [4.78, 5) is 10.1. The zero-order valence-corrected chi connectivity index (χ0v) is 19.2. The summed E-state index contributed by atoms with van der Waals surface area (Å²) in [6, 6.07) is 4.48. The second-order valence-electron chi connectivity index (χ2n) is 8.43. The average molecular weight is 486 g/mol. The highest BCUT2D eigenvalue weighted by atomic mass is 127. The van der Waals surface area contributed by atoms with Crippen molar-refractivity contribution in [1.29, 1.82) is 0 Å². The van der Waals surface area contributed by atoms with Gasteiger partial charge in [0.1, 0.15) is 11.5 Å². The van der Waals surface area contributed by atoms with Gasteiger partial charge in [-0.2, -0.15) is 0 Å². The summed E-state index contributed by atoms with van der Waals surface area (Å²) in [5.74, 6) is 3.16. The molecule has 1 N–H and O–H groups in total. The van der Waals surface area contributed by atoms with Crippen LogP contribution in [0.1, 0.15) is 63.0 Å². The van der Waals surface area contributed by atoms with Gasteiger partial charge >= 0.3 is 0 Å². The van der Waals surface area contributed by atoms with Crippen molar-refractivity contribution in [3.05, 3.63) is 23.7 Å². The number of rotatable bonds is 5. The summed E-state index contributed by atoms with van der Waals surface area (Å²) >= 11 is 0. The molecular formula is C21H35IN4O. The van der Waals surface area contributed by atoms with Crippen molar-refractivity contribution in [2.75, 3.05) is 39.3 Å². The van der Waals surface area contributed by atoms with Gasteiger partial charge in [-0.3, -0.25) is 9.89 Å². The predicted octanol–water partition coefficient (Wildman–Crippen LogP) is 4.18. The Morgan fingerprint density at radius 3 is 2.52 bits per heavy atom. The standard InChI is InChI=1S/C21H34N4O.HI/c1-3-22-20(25-14-11-21(16-25)9-6-10-21)23-15-18(24-12-4-5-13-24)19-8-7-17(2)26-19;/h7-8,18H,3-6,9-16H2,1-2H3,(H,22,23);1H. The molecule has 0 aromatic carbocycles. The zero-order chi connectivity index (χ0) is 18.0. The fourth-order valence-corrected chi connectivity index (χ4v) is 4.87. The third kappa shape index (κ3) is 4.63. The lowest BCUT2D eigenvalue weighted by atomic mass is 9.68. The number of hydrogen-bond acceptors (Lipinski definition) is 3. The molecule has 3 heterocycles. The molecule has 0 amide bonds. The molecule has 152 valence electrons. The minimum absolute atomic E-state index is 0. The Bertz CT molecular complexity index is 634. The number of aryl methyl sites for hydroxylation is 1. The number of furan rings is 1. The number of halogens is 1. The van der Waals surface area contributed by atoms with Gasteiger partial charge in [-0.25, -0.2) is 0 Å². The van der Waals surface area contributed by atoms with E-state index in [4.69, 9.17) is 9.41 Å². The summed E-state index contributed by atoms with van der Waals surface area (Å²) in [5.41, 5.74) is 0.600. The van der Waals surface area contributed by atoms with Gasteiger partial charge in [0.2, 0.25) is 0 Å². The van der Waals surface area contributed by atoms with Crippen LogP contribution in [0.3, 0.4) is 0 Å². The molecule has 1 saturated carbocycles. The fourth-order valence-electron chi connectivity index (χ4n) is 4.87. The van der Waals surface area contributed by atoms with Crippen LogP contribution in [0.5, 0.6) is 0 Å². The maximum atomic E-state index is 5.99. The molecule has 3 aliphatic rings. The lowest BCUT2D eigenvalue weighted by Crippen LogP contribution is -2.43. The van der Waals surface area contributed by atoms with Gasteiger partial charge in [0.25, 0.3) is 0 Å². The number of nitrogens with one attached hydrogen (secondary N) is 1.